The molecule has 0 aliphatic rings. The van der Waals surface area contributed by atoms with Gasteiger partial charge in [0.25, 0.3) is 0 Å². The molecule has 7 heteroatoms. The van der Waals surface area contributed by atoms with Gasteiger partial charge in [-0.25, -0.2) is 14.3 Å². The summed E-state index contributed by atoms with van der Waals surface area (Å²) < 4.78 is 14.5. The van der Waals surface area contributed by atoms with Crippen molar-refractivity contribution in [3.05, 3.63) is 82.0 Å². The molecule has 0 aliphatic carbocycles. The maximum Gasteiger partial charge on any atom is 0.344 e. The standard InChI is InChI=1S/C18H16FN3O2S/c1-12(13-5-3-2-4-6-13)22-17(24)20-21-18(22)25-11-16(23)14-7-9-15(19)10-8-14/h2-10,12H,11H2,1H3,(H,20,24)/t12-/m0/s1. The predicted octanol–water partition coefficient (Wildman–Crippen LogP) is 3.29. The molecule has 2 aromatic carbocycles. The lowest BCUT2D eigenvalue weighted by Crippen LogP contribution is -2.22. The number of halogens is 1. The third-order valence-corrected chi connectivity index (χ3v) is 4.79. The molecule has 1 atom stereocenters. The molecular weight excluding hydrogens is 341 g/mol. The summed E-state index contributed by atoms with van der Waals surface area (Å²) in [7, 11) is 0. The zero-order valence-electron chi connectivity index (χ0n) is 13.5. The second-order valence-corrected chi connectivity index (χ2v) is 6.43. The van der Waals surface area contributed by atoms with Crippen LogP contribution in [0.5, 0.6) is 0 Å². The fraction of sp³-hybridized carbons (Fsp3) is 0.167. The van der Waals surface area contributed by atoms with E-state index < -0.39 is 0 Å². The van der Waals surface area contributed by atoms with Gasteiger partial charge in [-0.2, -0.15) is 0 Å². The van der Waals surface area contributed by atoms with Gasteiger partial charge >= 0.3 is 5.69 Å². The molecule has 0 amide bonds. The van der Waals surface area contributed by atoms with Crippen molar-refractivity contribution >= 4 is 17.5 Å². The van der Waals surface area contributed by atoms with Crippen LogP contribution in [0.25, 0.3) is 0 Å². The fourth-order valence-corrected chi connectivity index (χ4v) is 3.38. The molecule has 0 saturated heterocycles. The first-order valence-corrected chi connectivity index (χ1v) is 8.68. The van der Waals surface area contributed by atoms with Crippen LogP contribution >= 0.6 is 11.8 Å². The van der Waals surface area contributed by atoms with Gasteiger partial charge in [0, 0.05) is 5.56 Å². The summed E-state index contributed by atoms with van der Waals surface area (Å²) in [4.78, 5) is 24.3. The minimum absolute atomic E-state index is 0.109. The van der Waals surface area contributed by atoms with Crippen molar-refractivity contribution < 1.29 is 9.18 Å². The minimum atomic E-state index is -0.387. The summed E-state index contributed by atoms with van der Waals surface area (Å²) in [6, 6.07) is 14.8. The molecular formula is C18H16FN3O2S. The molecule has 3 rings (SSSR count). The summed E-state index contributed by atoms with van der Waals surface area (Å²) >= 11 is 1.18. The molecule has 3 aromatic rings. The van der Waals surface area contributed by atoms with E-state index in [-0.39, 0.29) is 29.1 Å². The van der Waals surface area contributed by atoms with E-state index in [9.17, 15) is 14.0 Å². The number of rotatable bonds is 6. The van der Waals surface area contributed by atoms with Crippen molar-refractivity contribution in [2.45, 2.75) is 18.1 Å². The molecule has 0 saturated carbocycles. The highest BCUT2D eigenvalue weighted by Crippen LogP contribution is 2.23. The quantitative estimate of drug-likeness (QED) is 0.543. The molecule has 0 aliphatic heterocycles. The Bertz CT molecular complexity index is 919. The van der Waals surface area contributed by atoms with E-state index in [2.05, 4.69) is 10.2 Å². The highest BCUT2D eigenvalue weighted by atomic mass is 32.2. The minimum Gasteiger partial charge on any atom is -0.293 e. The van der Waals surface area contributed by atoms with Crippen LogP contribution in [0.3, 0.4) is 0 Å². The van der Waals surface area contributed by atoms with Crippen LogP contribution < -0.4 is 5.69 Å². The Morgan fingerprint density at radius 2 is 1.88 bits per heavy atom. The van der Waals surface area contributed by atoms with Crippen LogP contribution in [0.1, 0.15) is 28.9 Å². The van der Waals surface area contributed by atoms with Crippen LogP contribution in [0.4, 0.5) is 4.39 Å². The van der Waals surface area contributed by atoms with Crippen molar-refractivity contribution in [2.24, 2.45) is 0 Å². The zero-order chi connectivity index (χ0) is 17.8. The number of Topliss-reactive ketones (excluding diaryl/α,β-unsaturated/α-hetero) is 1. The second kappa shape index (κ2) is 7.48. The first-order chi connectivity index (χ1) is 12.1. The average molecular weight is 357 g/mol. The number of aromatic amines is 1. The monoisotopic (exact) mass is 357 g/mol. The first kappa shape index (κ1) is 17.2. The molecule has 1 N–H and O–H groups in total. The number of carbonyl (C=O) groups is 1. The summed E-state index contributed by atoms with van der Waals surface area (Å²) in [5.41, 5.74) is 1.07. The lowest BCUT2D eigenvalue weighted by molar-refractivity contribution is 0.102. The number of hydrogen-bond donors (Lipinski definition) is 1. The number of nitrogens with zero attached hydrogens (tertiary/aromatic N) is 2. The Hall–Kier alpha value is -2.67. The van der Waals surface area contributed by atoms with Crippen molar-refractivity contribution in [1.82, 2.24) is 14.8 Å². The lowest BCUT2D eigenvalue weighted by atomic mass is 10.1. The maximum atomic E-state index is 12.9. The molecule has 0 fully saturated rings. The number of thioether (sulfide) groups is 1. The molecule has 0 spiro atoms. The van der Waals surface area contributed by atoms with E-state index >= 15 is 0 Å². The van der Waals surface area contributed by atoms with Gasteiger partial charge in [0.1, 0.15) is 5.82 Å². The maximum absolute atomic E-state index is 12.9. The third-order valence-electron chi connectivity index (χ3n) is 3.84. The number of ketones is 1. The highest BCUT2D eigenvalue weighted by Gasteiger charge is 2.18. The van der Waals surface area contributed by atoms with Crippen LogP contribution in [0.15, 0.2) is 64.5 Å². The second-order valence-electron chi connectivity index (χ2n) is 5.49. The van der Waals surface area contributed by atoms with E-state index in [1.54, 1.807) is 0 Å². The van der Waals surface area contributed by atoms with Crippen molar-refractivity contribution in [3.63, 3.8) is 0 Å². The van der Waals surface area contributed by atoms with Gasteiger partial charge in [0.15, 0.2) is 10.9 Å². The lowest BCUT2D eigenvalue weighted by Gasteiger charge is -2.14. The van der Waals surface area contributed by atoms with Crippen LogP contribution in [-0.4, -0.2) is 26.3 Å². The molecule has 0 radical (unpaired) electrons. The summed E-state index contributed by atoms with van der Waals surface area (Å²) in [5, 5.41) is 6.89. The molecule has 0 unspecified atom stereocenters. The first-order valence-electron chi connectivity index (χ1n) is 7.69. The van der Waals surface area contributed by atoms with Gasteiger partial charge in [-0.15, -0.1) is 5.10 Å². The molecule has 25 heavy (non-hydrogen) atoms. The van der Waals surface area contributed by atoms with Gasteiger partial charge in [-0.3, -0.25) is 9.36 Å². The Balaban J connectivity index is 1.77. The number of H-pyrrole nitrogens is 1. The van der Waals surface area contributed by atoms with E-state index in [1.807, 2.05) is 37.3 Å². The Morgan fingerprint density at radius 3 is 2.56 bits per heavy atom. The van der Waals surface area contributed by atoms with Crippen LogP contribution in [0.2, 0.25) is 0 Å². The van der Waals surface area contributed by atoms with E-state index in [4.69, 9.17) is 0 Å². The van der Waals surface area contributed by atoms with Gasteiger partial charge in [-0.1, -0.05) is 42.1 Å². The van der Waals surface area contributed by atoms with E-state index in [0.29, 0.717) is 10.7 Å². The largest absolute Gasteiger partial charge is 0.344 e. The average Bonchev–Trinajstić information content (AvgIpc) is 3.01. The Morgan fingerprint density at radius 1 is 1.20 bits per heavy atom. The molecule has 128 valence electrons. The third kappa shape index (κ3) is 3.88. The molecule has 5 nitrogen and oxygen atoms in total. The number of hydrogen-bond acceptors (Lipinski definition) is 4. The van der Waals surface area contributed by atoms with Crippen LogP contribution in [0, 0.1) is 5.82 Å². The normalized spacial score (nSPS) is 12.1. The zero-order valence-corrected chi connectivity index (χ0v) is 14.3. The summed E-state index contributed by atoms with van der Waals surface area (Å²) in [6.07, 6.45) is 0. The SMILES string of the molecule is C[C@@H](c1ccccc1)n1c(SCC(=O)c2ccc(F)cc2)n[nH]c1=O. The van der Waals surface area contributed by atoms with Gasteiger partial charge < -0.3 is 0 Å². The smallest absolute Gasteiger partial charge is 0.293 e. The number of aromatic nitrogens is 3. The van der Waals surface area contributed by atoms with Gasteiger partial charge in [0.2, 0.25) is 0 Å². The Kier molecular flexibility index (Phi) is 5.14. The molecule has 0 bridgehead atoms. The molecule has 1 aromatic heterocycles. The topological polar surface area (TPSA) is 67.8 Å². The highest BCUT2D eigenvalue weighted by molar-refractivity contribution is 7.99. The summed E-state index contributed by atoms with van der Waals surface area (Å²) in [6.45, 7) is 1.90. The van der Waals surface area contributed by atoms with Gasteiger partial charge in [-0.05, 0) is 36.8 Å². The number of benzene rings is 2. The Labute approximate surface area is 147 Å². The van der Waals surface area contributed by atoms with E-state index in [0.717, 1.165) is 5.56 Å². The van der Waals surface area contributed by atoms with E-state index in [1.165, 1.54) is 40.6 Å². The predicted molar refractivity (Wildman–Crippen MR) is 94.6 cm³/mol. The van der Waals surface area contributed by atoms with Crippen molar-refractivity contribution in [1.29, 1.82) is 0 Å². The molecule has 1 heterocycles. The fourth-order valence-electron chi connectivity index (χ4n) is 2.46. The van der Waals surface area contributed by atoms with Gasteiger partial charge in [0.05, 0.1) is 11.8 Å². The van der Waals surface area contributed by atoms with Crippen molar-refractivity contribution in [2.75, 3.05) is 5.75 Å². The van der Waals surface area contributed by atoms with Crippen LogP contribution in [-0.2, 0) is 0 Å². The number of nitrogens with one attached hydrogen (secondary N) is 1. The summed E-state index contributed by atoms with van der Waals surface area (Å²) in [5.74, 6) is -0.432. The van der Waals surface area contributed by atoms with Crippen molar-refractivity contribution in [3.8, 4) is 0 Å². The number of carbonyl (C=O) groups excluding carboxylic acids is 1.